The van der Waals surface area contributed by atoms with Gasteiger partial charge in [0.15, 0.2) is 0 Å². The molecule has 1 aliphatic heterocycles. The Bertz CT molecular complexity index is 1330. The molecule has 2 atom stereocenters. The van der Waals surface area contributed by atoms with Crippen LogP contribution in [0.25, 0.3) is 11.1 Å². The predicted octanol–water partition coefficient (Wildman–Crippen LogP) is 3.19. The average Bonchev–Trinajstić information content (AvgIpc) is 3.63. The highest BCUT2D eigenvalue weighted by atomic mass is 32.2. The molecule has 3 heterocycles. The van der Waals surface area contributed by atoms with Gasteiger partial charge in [-0.15, -0.1) is 0 Å². The molecule has 2 aliphatic rings. The Morgan fingerprint density at radius 1 is 1.18 bits per heavy atom. The molecule has 0 radical (unpaired) electrons. The van der Waals surface area contributed by atoms with Crippen molar-refractivity contribution in [1.29, 1.82) is 0 Å². The van der Waals surface area contributed by atoms with E-state index in [1.807, 2.05) is 0 Å². The Morgan fingerprint density at radius 2 is 1.97 bits per heavy atom. The van der Waals surface area contributed by atoms with Crippen LogP contribution in [-0.2, 0) is 0 Å². The van der Waals surface area contributed by atoms with Gasteiger partial charge in [-0.05, 0) is 30.9 Å². The van der Waals surface area contributed by atoms with Crippen LogP contribution in [-0.4, -0.2) is 53.1 Å². The van der Waals surface area contributed by atoms with E-state index >= 15 is 0 Å². The van der Waals surface area contributed by atoms with Gasteiger partial charge in [0.25, 0.3) is 12.3 Å². The number of nitrogens with one attached hydrogen (secondary N) is 4. The van der Waals surface area contributed by atoms with Gasteiger partial charge in [0.2, 0.25) is 0 Å². The third kappa shape index (κ3) is 8.28. The molecule has 14 heteroatoms. The highest BCUT2D eigenvalue weighted by Gasteiger charge is 2.28. The Kier molecular flexibility index (Phi) is 9.24. The number of hydrazine groups is 1. The summed E-state index contributed by atoms with van der Waals surface area (Å²) >= 11 is 1.35. The lowest BCUT2D eigenvalue weighted by Gasteiger charge is -2.16. The van der Waals surface area contributed by atoms with Crippen LogP contribution < -0.4 is 26.2 Å². The number of alkyl halides is 5. The maximum atomic E-state index is 13.5. The van der Waals surface area contributed by atoms with Gasteiger partial charge in [0.05, 0.1) is 32.0 Å². The molecule has 4 N–H and O–H groups in total. The minimum absolute atomic E-state index is 0.0374. The van der Waals surface area contributed by atoms with E-state index in [1.54, 1.807) is 0 Å². The number of ether oxygens (including phenoxy) is 1. The van der Waals surface area contributed by atoms with Crippen LogP contribution >= 0.6 is 11.8 Å². The third-order valence-electron chi connectivity index (χ3n) is 5.40. The number of carbonyl (C=O) groups is 1. The predicted molar refractivity (Wildman–Crippen MR) is 134 cm³/mol. The van der Waals surface area contributed by atoms with Crippen molar-refractivity contribution >= 4 is 17.7 Å². The quantitative estimate of drug-likeness (QED) is 0.231. The third-order valence-corrected chi connectivity index (χ3v) is 6.42. The van der Waals surface area contributed by atoms with E-state index in [0.29, 0.717) is 5.92 Å². The Hall–Kier alpha value is -3.43. The zero-order valence-electron chi connectivity index (χ0n) is 20.5. The zero-order valence-corrected chi connectivity index (χ0v) is 21.3. The first kappa shape index (κ1) is 28.6. The zero-order chi connectivity index (χ0) is 28.0. The van der Waals surface area contributed by atoms with Crippen LogP contribution in [0, 0.1) is 29.6 Å². The van der Waals surface area contributed by atoms with E-state index in [2.05, 4.69) is 55.1 Å². The molecule has 2 fully saturated rings. The van der Waals surface area contributed by atoms with Crippen molar-refractivity contribution in [2.24, 2.45) is 5.92 Å². The smallest absolute Gasteiger partial charge is 0.401 e. The Balaban J connectivity index is 1.60. The topological polar surface area (TPSA) is 100 Å². The van der Waals surface area contributed by atoms with Gasteiger partial charge in [-0.2, -0.15) is 13.2 Å². The maximum Gasteiger partial charge on any atom is 0.401 e. The fraction of sp³-hybridized carbons (Fsp3) is 0.400. The molecule has 39 heavy (non-hydrogen) atoms. The van der Waals surface area contributed by atoms with E-state index in [1.165, 1.54) is 31.1 Å². The molecule has 1 saturated heterocycles. The summed E-state index contributed by atoms with van der Waals surface area (Å²) in [6.07, 6.45) is -2.75. The van der Waals surface area contributed by atoms with Crippen molar-refractivity contribution < 1.29 is 31.5 Å². The first-order chi connectivity index (χ1) is 18.6. The molecule has 2 aromatic rings. The van der Waals surface area contributed by atoms with E-state index in [0.717, 1.165) is 25.1 Å². The van der Waals surface area contributed by atoms with Crippen molar-refractivity contribution in [2.45, 2.75) is 36.3 Å². The maximum absolute atomic E-state index is 13.5. The van der Waals surface area contributed by atoms with E-state index < -0.39 is 36.2 Å². The number of rotatable bonds is 7. The molecule has 4 rings (SSSR count). The molecule has 0 spiro atoms. The summed E-state index contributed by atoms with van der Waals surface area (Å²) in [6, 6.07) is 2.49. The number of pyridine rings is 2. The van der Waals surface area contributed by atoms with E-state index in [-0.39, 0.29) is 40.1 Å². The van der Waals surface area contributed by atoms with Crippen LogP contribution in [0.3, 0.4) is 0 Å². The molecular formula is C25H23F5N6O2S. The summed E-state index contributed by atoms with van der Waals surface area (Å²) in [5, 5.41) is 4.71. The van der Waals surface area contributed by atoms with Crippen molar-refractivity contribution in [3.8, 4) is 40.6 Å². The summed E-state index contributed by atoms with van der Waals surface area (Å²) in [4.78, 5) is 21.1. The normalized spacial score (nSPS) is 18.6. The number of halogens is 5. The molecule has 1 aliphatic carbocycles. The van der Waals surface area contributed by atoms with Crippen LogP contribution in [0.4, 0.5) is 22.0 Å². The Morgan fingerprint density at radius 3 is 2.67 bits per heavy atom. The van der Waals surface area contributed by atoms with Gasteiger partial charge in [0, 0.05) is 23.2 Å². The van der Waals surface area contributed by atoms with Crippen LogP contribution in [0.5, 0.6) is 5.75 Å². The highest BCUT2D eigenvalue weighted by molar-refractivity contribution is 8.00. The number of amides is 1. The summed E-state index contributed by atoms with van der Waals surface area (Å²) in [5.74, 6) is 11.4. The highest BCUT2D eigenvalue weighted by Crippen LogP contribution is 2.35. The number of aromatic nitrogens is 2. The van der Waals surface area contributed by atoms with Gasteiger partial charge < -0.3 is 10.1 Å². The summed E-state index contributed by atoms with van der Waals surface area (Å²) in [7, 11) is 1.32. The monoisotopic (exact) mass is 566 g/mol. The van der Waals surface area contributed by atoms with E-state index in [9.17, 15) is 26.7 Å². The minimum atomic E-state index is -4.38. The molecular weight excluding hydrogens is 543 g/mol. The number of methoxy groups -OCH3 is 1. The lowest BCUT2D eigenvalue weighted by Crippen LogP contribution is -2.43. The van der Waals surface area contributed by atoms with Crippen molar-refractivity contribution in [3.63, 3.8) is 0 Å². The van der Waals surface area contributed by atoms with Gasteiger partial charge in [-0.25, -0.2) is 24.6 Å². The fourth-order valence-electron chi connectivity index (χ4n) is 3.39. The molecule has 1 amide bonds. The molecule has 206 valence electrons. The van der Waals surface area contributed by atoms with Crippen molar-refractivity contribution in [2.75, 3.05) is 20.2 Å². The SMILES string of the molecule is COc1cnc(C(F)F)cc1-c1cc(C#CCNCC(F)(F)F)ncc1C(=O)NC1NNC(C#CC2CC2)S1. The fourth-order valence-corrected chi connectivity index (χ4v) is 4.25. The van der Waals surface area contributed by atoms with Gasteiger partial charge in [-0.3, -0.25) is 15.1 Å². The second kappa shape index (κ2) is 12.6. The van der Waals surface area contributed by atoms with E-state index in [4.69, 9.17) is 4.74 Å². The molecule has 0 bridgehead atoms. The standard InChI is InChI=1S/C25H23F5N6O2S/c1-38-20-12-33-19(22(26)27)10-17(20)16-9-15(3-2-8-31-13-25(28,29)30)32-11-18(16)23(37)34-24-36-35-21(39-24)7-6-14-4-5-14/h9-12,14,21-22,24,31,35-36H,4-5,8,13H2,1H3,(H,34,37). The first-order valence-electron chi connectivity index (χ1n) is 11.7. The summed E-state index contributed by atoms with van der Waals surface area (Å²) in [5.41, 5.74) is 5.31. The van der Waals surface area contributed by atoms with Crippen molar-refractivity contribution in [3.05, 3.63) is 41.5 Å². The number of thioether (sulfide) groups is 1. The Labute approximate surface area is 225 Å². The largest absolute Gasteiger partial charge is 0.494 e. The summed E-state index contributed by atoms with van der Waals surface area (Å²) in [6.45, 7) is -1.48. The molecule has 2 unspecified atom stereocenters. The lowest BCUT2D eigenvalue weighted by atomic mass is 9.99. The minimum Gasteiger partial charge on any atom is -0.494 e. The number of carbonyl (C=O) groups excluding carboxylic acids is 1. The molecule has 2 aromatic heterocycles. The van der Waals surface area contributed by atoms with Gasteiger partial charge in [0.1, 0.15) is 28.0 Å². The second-order valence-electron chi connectivity index (χ2n) is 8.47. The lowest BCUT2D eigenvalue weighted by molar-refractivity contribution is -0.124. The summed E-state index contributed by atoms with van der Waals surface area (Å²) < 4.78 is 69.2. The molecule has 8 nitrogen and oxygen atoms in total. The number of nitrogens with zero attached hydrogens (tertiary/aromatic N) is 2. The second-order valence-corrected chi connectivity index (χ2v) is 9.68. The number of hydrogen-bond acceptors (Lipinski definition) is 8. The molecule has 0 aromatic carbocycles. The number of hydrogen-bond donors (Lipinski definition) is 4. The first-order valence-corrected chi connectivity index (χ1v) is 12.6. The van der Waals surface area contributed by atoms with Crippen molar-refractivity contribution in [1.82, 2.24) is 31.5 Å². The van der Waals surface area contributed by atoms with Crippen LogP contribution in [0.15, 0.2) is 24.5 Å². The molecule has 1 saturated carbocycles. The van der Waals surface area contributed by atoms with Crippen LogP contribution in [0.2, 0.25) is 0 Å². The average molecular weight is 567 g/mol. The van der Waals surface area contributed by atoms with Gasteiger partial charge >= 0.3 is 6.18 Å². The van der Waals surface area contributed by atoms with Gasteiger partial charge in [-0.1, -0.05) is 29.5 Å². The van der Waals surface area contributed by atoms with Crippen LogP contribution in [0.1, 0.15) is 41.0 Å².